The van der Waals surface area contributed by atoms with Gasteiger partial charge in [0.1, 0.15) is 5.02 Å². The minimum Gasteiger partial charge on any atom is -0.493 e. The molecule has 0 aliphatic rings. The molecule has 0 fully saturated rings. The molecular weight excluding hydrogens is 258 g/mol. The molecule has 0 spiro atoms. The van der Waals surface area contributed by atoms with E-state index >= 15 is 0 Å². The smallest absolute Gasteiger partial charge is 0.310 e. The molecule has 0 aliphatic heterocycles. The second-order valence-corrected chi connectivity index (χ2v) is 4.27. The Labute approximate surface area is 108 Å². The summed E-state index contributed by atoms with van der Waals surface area (Å²) in [5, 5.41) is 14.6. The summed E-state index contributed by atoms with van der Waals surface area (Å²) in [6.07, 6.45) is -0.0619. The maximum absolute atomic E-state index is 11.3. The van der Waals surface area contributed by atoms with Gasteiger partial charge in [-0.15, -0.1) is 0 Å². The van der Waals surface area contributed by atoms with Crippen molar-refractivity contribution in [2.75, 3.05) is 7.11 Å². The normalized spacial score (nSPS) is 10.9. The Kier molecular flexibility index (Phi) is 3.13. The third-order valence-electron chi connectivity index (χ3n) is 2.69. The van der Waals surface area contributed by atoms with Crippen molar-refractivity contribution in [3.63, 3.8) is 0 Å². The molecule has 18 heavy (non-hydrogen) atoms. The van der Waals surface area contributed by atoms with E-state index in [4.69, 9.17) is 11.6 Å². The zero-order valence-corrected chi connectivity index (χ0v) is 10.9. The molecule has 2 rings (SSSR count). The van der Waals surface area contributed by atoms with Crippen LogP contribution in [0, 0.1) is 13.8 Å². The van der Waals surface area contributed by atoms with E-state index in [1.54, 1.807) is 13.8 Å². The van der Waals surface area contributed by atoms with Crippen LogP contribution in [0.3, 0.4) is 0 Å². The van der Waals surface area contributed by atoms with E-state index in [0.29, 0.717) is 27.6 Å². The Balaban J connectivity index is 2.65. The van der Waals surface area contributed by atoms with Crippen LogP contribution in [0.4, 0.5) is 0 Å². The van der Waals surface area contributed by atoms with E-state index in [2.05, 4.69) is 14.8 Å². The number of methoxy groups -OCH3 is 1. The van der Waals surface area contributed by atoms with Crippen LogP contribution in [0.2, 0.25) is 5.02 Å². The zero-order valence-electron chi connectivity index (χ0n) is 10.2. The number of rotatable bonds is 2. The Morgan fingerprint density at radius 2 is 2.11 bits per heavy atom. The highest BCUT2D eigenvalue weighted by atomic mass is 35.5. The summed E-state index contributed by atoms with van der Waals surface area (Å²) in [6.45, 7) is 3.41. The van der Waals surface area contributed by atoms with Crippen molar-refractivity contribution < 1.29 is 14.6 Å². The summed E-state index contributed by atoms with van der Waals surface area (Å²) < 4.78 is 5.80. The molecule has 0 aromatic carbocycles. The van der Waals surface area contributed by atoms with Gasteiger partial charge < -0.3 is 9.84 Å². The fourth-order valence-corrected chi connectivity index (χ4v) is 1.84. The number of hydrogen-bond acceptors (Lipinski definition) is 5. The SMILES string of the molecule is COC(=O)Cc1c(C)nc2c(Cl)c(C)nn2c1O. The summed E-state index contributed by atoms with van der Waals surface area (Å²) in [5.74, 6) is -0.595. The van der Waals surface area contributed by atoms with Crippen LogP contribution in [0.1, 0.15) is 17.0 Å². The molecule has 96 valence electrons. The monoisotopic (exact) mass is 269 g/mol. The van der Waals surface area contributed by atoms with Crippen molar-refractivity contribution in [1.29, 1.82) is 0 Å². The molecule has 1 N–H and O–H groups in total. The summed E-state index contributed by atoms with van der Waals surface area (Å²) >= 11 is 6.02. The molecule has 0 atom stereocenters. The van der Waals surface area contributed by atoms with Gasteiger partial charge in [-0.1, -0.05) is 11.6 Å². The van der Waals surface area contributed by atoms with Gasteiger partial charge in [0.25, 0.3) is 0 Å². The van der Waals surface area contributed by atoms with Crippen LogP contribution < -0.4 is 0 Å². The number of hydrogen-bond donors (Lipinski definition) is 1. The molecule has 0 bridgehead atoms. The lowest BCUT2D eigenvalue weighted by atomic mass is 10.1. The Bertz CT molecular complexity index is 636. The number of nitrogens with zero attached hydrogens (tertiary/aromatic N) is 3. The highest BCUT2D eigenvalue weighted by Crippen LogP contribution is 2.27. The van der Waals surface area contributed by atoms with E-state index in [9.17, 15) is 9.90 Å². The van der Waals surface area contributed by atoms with Gasteiger partial charge in [-0.25, -0.2) is 4.98 Å². The van der Waals surface area contributed by atoms with E-state index in [0.717, 1.165) is 0 Å². The van der Waals surface area contributed by atoms with Crippen LogP contribution in [0.15, 0.2) is 0 Å². The van der Waals surface area contributed by atoms with E-state index in [1.807, 2.05) is 0 Å². The third-order valence-corrected chi connectivity index (χ3v) is 3.14. The summed E-state index contributed by atoms with van der Waals surface area (Å²) in [4.78, 5) is 15.5. The second kappa shape index (κ2) is 4.45. The number of esters is 1. The number of fused-ring (bicyclic) bond motifs is 1. The van der Waals surface area contributed by atoms with Gasteiger partial charge in [0.2, 0.25) is 5.88 Å². The average molecular weight is 270 g/mol. The first-order valence-electron chi connectivity index (χ1n) is 5.25. The van der Waals surface area contributed by atoms with Gasteiger partial charge in [0.15, 0.2) is 5.65 Å². The standard InChI is InChI=1S/C11H12ClN3O3/c1-5-7(4-8(16)18-3)11(17)15-10(13-5)9(12)6(2)14-15/h17H,4H2,1-3H3. The molecule has 0 aliphatic carbocycles. The first-order valence-corrected chi connectivity index (χ1v) is 5.63. The number of halogens is 1. The Morgan fingerprint density at radius 1 is 1.44 bits per heavy atom. The predicted molar refractivity (Wildman–Crippen MR) is 64.9 cm³/mol. The molecule has 2 aromatic rings. The fraction of sp³-hybridized carbons (Fsp3) is 0.364. The summed E-state index contributed by atoms with van der Waals surface area (Å²) in [6, 6.07) is 0. The maximum atomic E-state index is 11.3. The molecular formula is C11H12ClN3O3. The van der Waals surface area contributed by atoms with Crippen molar-refractivity contribution in [1.82, 2.24) is 14.6 Å². The maximum Gasteiger partial charge on any atom is 0.310 e. The molecule has 0 saturated carbocycles. The highest BCUT2D eigenvalue weighted by molar-refractivity contribution is 6.34. The Hall–Kier alpha value is -1.82. The van der Waals surface area contributed by atoms with E-state index < -0.39 is 5.97 Å². The second-order valence-electron chi connectivity index (χ2n) is 3.89. The fourth-order valence-electron chi connectivity index (χ4n) is 1.68. The number of carbonyl (C=O) groups excluding carboxylic acids is 1. The third kappa shape index (κ3) is 1.88. The molecule has 0 unspecified atom stereocenters. The van der Waals surface area contributed by atoms with Crippen LogP contribution in [0.25, 0.3) is 5.65 Å². The van der Waals surface area contributed by atoms with E-state index in [-0.39, 0.29) is 12.3 Å². The molecule has 0 saturated heterocycles. The van der Waals surface area contributed by atoms with Crippen molar-refractivity contribution in [3.8, 4) is 5.88 Å². The van der Waals surface area contributed by atoms with Gasteiger partial charge in [-0.2, -0.15) is 9.61 Å². The van der Waals surface area contributed by atoms with Crippen LogP contribution in [-0.2, 0) is 16.0 Å². The van der Waals surface area contributed by atoms with Crippen molar-refractivity contribution in [2.45, 2.75) is 20.3 Å². The predicted octanol–water partition coefficient (Wildman–Crippen LogP) is 1.42. The quantitative estimate of drug-likeness (QED) is 0.835. The first-order chi connectivity index (χ1) is 8.45. The van der Waals surface area contributed by atoms with Crippen molar-refractivity contribution in [3.05, 3.63) is 22.0 Å². The number of carbonyl (C=O) groups is 1. The van der Waals surface area contributed by atoms with Gasteiger partial charge in [0.05, 0.1) is 19.2 Å². The topological polar surface area (TPSA) is 76.7 Å². The zero-order chi connectivity index (χ0) is 13.4. The number of aryl methyl sites for hydroxylation is 2. The molecule has 7 heteroatoms. The number of ether oxygens (including phenoxy) is 1. The minimum absolute atomic E-state index is 0.0619. The lowest BCUT2D eigenvalue weighted by molar-refractivity contribution is -0.139. The average Bonchev–Trinajstić information content (AvgIpc) is 2.62. The molecule has 2 heterocycles. The summed E-state index contributed by atoms with van der Waals surface area (Å²) in [5.41, 5.74) is 1.84. The molecule has 6 nitrogen and oxygen atoms in total. The van der Waals surface area contributed by atoms with Crippen molar-refractivity contribution in [2.24, 2.45) is 0 Å². The van der Waals surface area contributed by atoms with Crippen LogP contribution >= 0.6 is 11.6 Å². The van der Waals surface area contributed by atoms with Crippen LogP contribution in [0.5, 0.6) is 5.88 Å². The highest BCUT2D eigenvalue weighted by Gasteiger charge is 2.19. The lowest BCUT2D eigenvalue weighted by Gasteiger charge is -2.08. The van der Waals surface area contributed by atoms with Gasteiger partial charge in [-0.05, 0) is 13.8 Å². The molecule has 2 aromatic heterocycles. The summed E-state index contributed by atoms with van der Waals surface area (Å²) in [7, 11) is 1.29. The largest absolute Gasteiger partial charge is 0.493 e. The first kappa shape index (κ1) is 12.6. The van der Waals surface area contributed by atoms with Gasteiger partial charge >= 0.3 is 5.97 Å². The van der Waals surface area contributed by atoms with E-state index in [1.165, 1.54) is 11.6 Å². The Morgan fingerprint density at radius 3 is 2.72 bits per heavy atom. The number of aromatic nitrogens is 3. The van der Waals surface area contributed by atoms with Crippen molar-refractivity contribution >= 4 is 23.2 Å². The van der Waals surface area contributed by atoms with Gasteiger partial charge in [0, 0.05) is 11.3 Å². The van der Waals surface area contributed by atoms with Crippen LogP contribution in [-0.4, -0.2) is 32.8 Å². The molecule has 0 radical (unpaired) electrons. The molecule has 0 amide bonds. The lowest BCUT2D eigenvalue weighted by Crippen LogP contribution is -2.09. The number of aromatic hydroxyl groups is 1. The minimum atomic E-state index is -0.454. The van der Waals surface area contributed by atoms with Gasteiger partial charge in [-0.3, -0.25) is 4.79 Å².